The van der Waals surface area contributed by atoms with Gasteiger partial charge >= 0.3 is 0 Å². The van der Waals surface area contributed by atoms with Gasteiger partial charge in [-0.05, 0) is 5.92 Å². The van der Waals surface area contributed by atoms with Gasteiger partial charge in [-0.2, -0.15) is 0 Å². The summed E-state index contributed by atoms with van der Waals surface area (Å²) in [7, 11) is 0. The molecule has 0 spiro atoms. The van der Waals surface area contributed by atoms with Crippen molar-refractivity contribution in [1.82, 2.24) is 5.32 Å². The van der Waals surface area contributed by atoms with E-state index in [-0.39, 0.29) is 12.6 Å². The Hall–Kier alpha value is -0.0800. The normalized spacial score (nSPS) is 16.9. The molecule has 0 radical (unpaired) electrons. The number of nitrogens with one attached hydrogen (secondary N) is 1. The molecule has 0 fully saturated rings. The topological polar surface area (TPSA) is 32.3 Å². The molecule has 0 heterocycles. The van der Waals surface area contributed by atoms with Crippen molar-refractivity contribution >= 4 is 0 Å². The van der Waals surface area contributed by atoms with Gasteiger partial charge in [-0.15, -0.1) is 0 Å². The molecule has 0 saturated carbocycles. The lowest BCUT2D eigenvalue weighted by Crippen LogP contribution is -2.41. The maximum Gasteiger partial charge on any atom is 0.0587 e. The number of aliphatic hydroxyl groups excluding tert-OH is 1. The van der Waals surface area contributed by atoms with Crippen molar-refractivity contribution < 1.29 is 5.11 Å². The maximum atomic E-state index is 9.01. The Kier molecular flexibility index (Phi) is 5.51. The lowest BCUT2D eigenvalue weighted by molar-refractivity contribution is 0.194. The first-order valence-electron chi connectivity index (χ1n) is 4.48. The smallest absolute Gasteiger partial charge is 0.0587 e. The van der Waals surface area contributed by atoms with Crippen LogP contribution in [0.2, 0.25) is 0 Å². The zero-order valence-electron chi connectivity index (χ0n) is 8.09. The highest BCUT2D eigenvalue weighted by Crippen LogP contribution is 2.07. The van der Waals surface area contributed by atoms with Gasteiger partial charge in [-0.25, -0.2) is 0 Å². The Morgan fingerprint density at radius 3 is 2.09 bits per heavy atom. The molecule has 2 nitrogen and oxygen atoms in total. The van der Waals surface area contributed by atoms with Crippen LogP contribution in [0.15, 0.2) is 0 Å². The van der Waals surface area contributed by atoms with Crippen LogP contribution in [0.3, 0.4) is 0 Å². The highest BCUT2D eigenvalue weighted by molar-refractivity contribution is 4.72. The van der Waals surface area contributed by atoms with E-state index in [0.717, 1.165) is 6.42 Å². The van der Waals surface area contributed by atoms with E-state index in [9.17, 15) is 0 Å². The SMILES string of the molecule is CC[C@H](C)[C@@H](CO)NC(C)C. The molecule has 0 rings (SSSR count). The van der Waals surface area contributed by atoms with Crippen molar-refractivity contribution in [1.29, 1.82) is 0 Å². The van der Waals surface area contributed by atoms with E-state index >= 15 is 0 Å². The van der Waals surface area contributed by atoms with Gasteiger partial charge in [0.25, 0.3) is 0 Å². The van der Waals surface area contributed by atoms with E-state index in [1.165, 1.54) is 0 Å². The minimum Gasteiger partial charge on any atom is -0.395 e. The number of hydrogen-bond acceptors (Lipinski definition) is 2. The fourth-order valence-electron chi connectivity index (χ4n) is 1.11. The van der Waals surface area contributed by atoms with Crippen LogP contribution in [-0.4, -0.2) is 23.8 Å². The monoisotopic (exact) mass is 159 g/mol. The largest absolute Gasteiger partial charge is 0.395 e. The fraction of sp³-hybridized carbons (Fsp3) is 1.00. The van der Waals surface area contributed by atoms with Crippen molar-refractivity contribution in [2.75, 3.05) is 6.61 Å². The molecule has 0 aliphatic heterocycles. The third kappa shape index (κ3) is 4.38. The highest BCUT2D eigenvalue weighted by atomic mass is 16.3. The number of hydrogen-bond donors (Lipinski definition) is 2. The second kappa shape index (κ2) is 5.56. The summed E-state index contributed by atoms with van der Waals surface area (Å²) in [5.41, 5.74) is 0. The minimum atomic E-state index is 0.243. The first kappa shape index (κ1) is 10.9. The van der Waals surface area contributed by atoms with Crippen molar-refractivity contribution in [3.63, 3.8) is 0 Å². The zero-order chi connectivity index (χ0) is 8.85. The van der Waals surface area contributed by atoms with Crippen LogP contribution in [0.5, 0.6) is 0 Å². The summed E-state index contributed by atoms with van der Waals surface area (Å²) < 4.78 is 0. The van der Waals surface area contributed by atoms with E-state index in [2.05, 4.69) is 33.0 Å². The van der Waals surface area contributed by atoms with E-state index < -0.39 is 0 Å². The summed E-state index contributed by atoms with van der Waals surface area (Å²) in [6.45, 7) is 8.76. The predicted octanol–water partition coefficient (Wildman–Crippen LogP) is 1.39. The van der Waals surface area contributed by atoms with E-state index in [4.69, 9.17) is 5.11 Å². The van der Waals surface area contributed by atoms with Gasteiger partial charge in [-0.1, -0.05) is 34.1 Å². The molecule has 2 N–H and O–H groups in total. The summed E-state index contributed by atoms with van der Waals surface area (Å²) in [6.07, 6.45) is 1.12. The van der Waals surface area contributed by atoms with Crippen molar-refractivity contribution in [3.8, 4) is 0 Å². The van der Waals surface area contributed by atoms with Gasteiger partial charge in [-0.3, -0.25) is 0 Å². The number of rotatable bonds is 5. The molecule has 0 aromatic carbocycles. The van der Waals surface area contributed by atoms with Gasteiger partial charge in [0, 0.05) is 12.1 Å². The Morgan fingerprint density at radius 2 is 1.82 bits per heavy atom. The van der Waals surface area contributed by atoms with E-state index in [0.29, 0.717) is 12.0 Å². The first-order valence-corrected chi connectivity index (χ1v) is 4.48. The summed E-state index contributed by atoms with van der Waals surface area (Å²) in [5, 5.41) is 12.3. The van der Waals surface area contributed by atoms with Gasteiger partial charge in [0.2, 0.25) is 0 Å². The van der Waals surface area contributed by atoms with E-state index in [1.54, 1.807) is 0 Å². The van der Waals surface area contributed by atoms with Gasteiger partial charge in [0.05, 0.1) is 6.61 Å². The Morgan fingerprint density at radius 1 is 1.27 bits per heavy atom. The molecule has 0 aromatic rings. The quantitative estimate of drug-likeness (QED) is 0.635. The standard InChI is InChI=1S/C9H21NO/c1-5-8(4)9(6-11)10-7(2)3/h7-11H,5-6H2,1-4H3/t8-,9+/m0/s1. The second-order valence-electron chi connectivity index (χ2n) is 3.50. The average Bonchev–Trinajstić information content (AvgIpc) is 1.98. The van der Waals surface area contributed by atoms with Crippen LogP contribution in [0.1, 0.15) is 34.1 Å². The van der Waals surface area contributed by atoms with Crippen LogP contribution >= 0.6 is 0 Å². The molecule has 11 heavy (non-hydrogen) atoms. The molecular weight excluding hydrogens is 138 g/mol. The summed E-state index contributed by atoms with van der Waals surface area (Å²) in [4.78, 5) is 0. The molecule has 0 unspecified atom stereocenters. The van der Waals surface area contributed by atoms with Crippen LogP contribution in [0.25, 0.3) is 0 Å². The van der Waals surface area contributed by atoms with Crippen molar-refractivity contribution in [3.05, 3.63) is 0 Å². The molecule has 68 valence electrons. The summed E-state index contributed by atoms with van der Waals surface area (Å²) in [6, 6.07) is 0.723. The Bertz CT molecular complexity index is 93.6. The third-order valence-electron chi connectivity index (χ3n) is 2.07. The summed E-state index contributed by atoms with van der Waals surface area (Å²) >= 11 is 0. The number of aliphatic hydroxyl groups is 1. The average molecular weight is 159 g/mol. The van der Waals surface area contributed by atoms with Crippen molar-refractivity contribution in [2.24, 2.45) is 5.92 Å². The molecule has 2 heteroatoms. The Balaban J connectivity index is 3.74. The Labute approximate surface area is 70.0 Å². The predicted molar refractivity (Wildman–Crippen MR) is 48.6 cm³/mol. The lowest BCUT2D eigenvalue weighted by Gasteiger charge is -2.24. The van der Waals surface area contributed by atoms with Crippen LogP contribution in [0, 0.1) is 5.92 Å². The summed E-state index contributed by atoms with van der Waals surface area (Å²) in [5.74, 6) is 0.558. The van der Waals surface area contributed by atoms with Crippen LogP contribution in [-0.2, 0) is 0 Å². The molecule has 0 aromatic heterocycles. The molecule has 2 atom stereocenters. The van der Waals surface area contributed by atoms with Crippen LogP contribution in [0.4, 0.5) is 0 Å². The van der Waals surface area contributed by atoms with Gasteiger partial charge in [0.1, 0.15) is 0 Å². The molecule has 0 bridgehead atoms. The highest BCUT2D eigenvalue weighted by Gasteiger charge is 2.14. The molecule has 0 aliphatic carbocycles. The third-order valence-corrected chi connectivity index (χ3v) is 2.07. The van der Waals surface area contributed by atoms with E-state index in [1.807, 2.05) is 0 Å². The zero-order valence-corrected chi connectivity index (χ0v) is 8.09. The van der Waals surface area contributed by atoms with Gasteiger partial charge in [0.15, 0.2) is 0 Å². The van der Waals surface area contributed by atoms with Crippen molar-refractivity contribution in [2.45, 2.75) is 46.2 Å². The van der Waals surface area contributed by atoms with Crippen LogP contribution < -0.4 is 5.32 Å². The minimum absolute atomic E-state index is 0.243. The maximum absolute atomic E-state index is 9.01. The lowest BCUT2D eigenvalue weighted by atomic mass is 9.99. The molecule has 0 saturated heterocycles. The second-order valence-corrected chi connectivity index (χ2v) is 3.50. The molecule has 0 amide bonds. The van der Waals surface area contributed by atoms with Gasteiger partial charge < -0.3 is 10.4 Å². The molecule has 0 aliphatic rings. The fourth-order valence-corrected chi connectivity index (χ4v) is 1.11. The molecular formula is C9H21NO. The first-order chi connectivity index (χ1) is 5.11.